The molecule has 0 atom stereocenters. The summed E-state index contributed by atoms with van der Waals surface area (Å²) in [7, 11) is 0. The van der Waals surface area contributed by atoms with Gasteiger partial charge in [0.15, 0.2) is 0 Å². The van der Waals surface area contributed by atoms with Crippen molar-refractivity contribution in [2.45, 2.75) is 52.9 Å². The largest absolute Gasteiger partial charge is 0.494 e. The highest BCUT2D eigenvalue weighted by Gasteiger charge is 2.39. The molecule has 3 aromatic carbocycles. The number of nitrogens with one attached hydrogen (secondary N) is 2. The molecular formula is C32H34ClN3O4. The molecule has 1 aliphatic rings. The summed E-state index contributed by atoms with van der Waals surface area (Å²) in [5.74, 6) is -0.0708. The van der Waals surface area contributed by atoms with Gasteiger partial charge in [-0.25, -0.2) is 4.90 Å². The predicted octanol–water partition coefficient (Wildman–Crippen LogP) is 6.95. The fourth-order valence-electron chi connectivity index (χ4n) is 4.62. The van der Waals surface area contributed by atoms with E-state index in [9.17, 15) is 14.4 Å². The zero-order valence-electron chi connectivity index (χ0n) is 23.4. The number of halogens is 1. The molecule has 0 spiro atoms. The number of carbonyl (C=O) groups excluding carboxylic acids is 3. The standard InChI is InChI=1S/C32H34ClN3O4/c1-6-40-24-16-14-23(15-17-24)36-31(38)28(33)30(32(36)39)34-22-12-10-21(11-13-22)18-27(37)35-29-25(19(2)3)8-7-9-26(29)20(4)5/h7-17,19-20,34H,6,18H2,1-5H3,(H,35,37). The molecule has 0 bridgehead atoms. The van der Waals surface area contributed by atoms with Crippen LogP contribution in [0.15, 0.2) is 77.5 Å². The molecule has 3 aromatic rings. The quantitative estimate of drug-likeness (QED) is 0.262. The Morgan fingerprint density at radius 2 is 1.48 bits per heavy atom. The first-order valence-corrected chi connectivity index (χ1v) is 13.8. The Morgan fingerprint density at radius 3 is 2.02 bits per heavy atom. The Bertz CT molecular complexity index is 1420. The molecule has 0 radical (unpaired) electrons. The molecule has 7 nitrogen and oxygen atoms in total. The lowest BCUT2D eigenvalue weighted by Crippen LogP contribution is -2.32. The first-order valence-electron chi connectivity index (χ1n) is 13.4. The lowest BCUT2D eigenvalue weighted by atomic mass is 9.92. The second-order valence-corrected chi connectivity index (χ2v) is 10.6. The third-order valence-corrected chi connectivity index (χ3v) is 7.01. The molecule has 0 saturated carbocycles. The summed E-state index contributed by atoms with van der Waals surface area (Å²) < 4.78 is 5.43. The molecule has 0 aliphatic carbocycles. The summed E-state index contributed by atoms with van der Waals surface area (Å²) >= 11 is 6.27. The van der Waals surface area contributed by atoms with Gasteiger partial charge in [-0.15, -0.1) is 0 Å². The number of ether oxygens (including phenoxy) is 1. The van der Waals surface area contributed by atoms with E-state index in [1.165, 1.54) is 0 Å². The number of imide groups is 1. The summed E-state index contributed by atoms with van der Waals surface area (Å²) in [6.07, 6.45) is 0.191. The van der Waals surface area contributed by atoms with Crippen molar-refractivity contribution >= 4 is 46.4 Å². The van der Waals surface area contributed by atoms with Crippen molar-refractivity contribution in [1.82, 2.24) is 0 Å². The van der Waals surface area contributed by atoms with Crippen LogP contribution in [0.4, 0.5) is 17.1 Å². The fraction of sp³-hybridized carbons (Fsp3) is 0.281. The average Bonchev–Trinajstić information content (AvgIpc) is 3.13. The van der Waals surface area contributed by atoms with Crippen LogP contribution in [0, 0.1) is 0 Å². The monoisotopic (exact) mass is 559 g/mol. The van der Waals surface area contributed by atoms with Gasteiger partial charge in [-0.05, 0) is 71.8 Å². The molecule has 0 fully saturated rings. The first kappa shape index (κ1) is 28.9. The number of nitrogens with zero attached hydrogens (tertiary/aromatic N) is 1. The van der Waals surface area contributed by atoms with Gasteiger partial charge in [0, 0.05) is 11.4 Å². The van der Waals surface area contributed by atoms with E-state index in [-0.39, 0.29) is 34.9 Å². The zero-order valence-corrected chi connectivity index (χ0v) is 24.1. The van der Waals surface area contributed by atoms with Gasteiger partial charge in [0.2, 0.25) is 5.91 Å². The van der Waals surface area contributed by atoms with Gasteiger partial charge in [0.1, 0.15) is 16.5 Å². The minimum atomic E-state index is -0.603. The fourth-order valence-corrected chi connectivity index (χ4v) is 4.83. The Kier molecular flexibility index (Phi) is 8.95. The second kappa shape index (κ2) is 12.4. The van der Waals surface area contributed by atoms with E-state index in [1.807, 2.05) is 13.0 Å². The van der Waals surface area contributed by atoms with E-state index in [1.54, 1.807) is 48.5 Å². The van der Waals surface area contributed by atoms with Crippen LogP contribution in [0.2, 0.25) is 0 Å². The number of hydrogen-bond acceptors (Lipinski definition) is 5. The maximum atomic E-state index is 13.1. The Balaban J connectivity index is 1.44. The number of carbonyl (C=O) groups is 3. The molecule has 208 valence electrons. The lowest BCUT2D eigenvalue weighted by molar-refractivity contribution is -0.120. The molecule has 1 heterocycles. The minimum absolute atomic E-state index is 0.00227. The lowest BCUT2D eigenvalue weighted by Gasteiger charge is -2.20. The van der Waals surface area contributed by atoms with E-state index in [2.05, 4.69) is 50.5 Å². The molecular weight excluding hydrogens is 526 g/mol. The number of hydrogen-bond donors (Lipinski definition) is 2. The van der Waals surface area contributed by atoms with Gasteiger partial charge in [0.25, 0.3) is 11.8 Å². The third-order valence-electron chi connectivity index (χ3n) is 6.66. The number of para-hydroxylation sites is 1. The molecule has 0 saturated heterocycles. The SMILES string of the molecule is CCOc1ccc(N2C(=O)C(Cl)=C(Nc3ccc(CC(=O)Nc4c(C(C)C)cccc4C(C)C)cc3)C2=O)cc1. The van der Waals surface area contributed by atoms with Crippen LogP contribution in [0.5, 0.6) is 5.75 Å². The highest BCUT2D eigenvalue weighted by Crippen LogP contribution is 2.33. The Labute approximate surface area is 240 Å². The molecule has 40 heavy (non-hydrogen) atoms. The van der Waals surface area contributed by atoms with E-state index < -0.39 is 11.8 Å². The zero-order chi connectivity index (χ0) is 29.0. The maximum absolute atomic E-state index is 13.1. The van der Waals surface area contributed by atoms with Gasteiger partial charge in [0.05, 0.1) is 18.7 Å². The van der Waals surface area contributed by atoms with Crippen LogP contribution >= 0.6 is 11.6 Å². The van der Waals surface area contributed by atoms with Crippen molar-refractivity contribution in [3.8, 4) is 5.75 Å². The Hall–Kier alpha value is -4.10. The summed E-state index contributed by atoms with van der Waals surface area (Å²) in [4.78, 5) is 39.9. The van der Waals surface area contributed by atoms with E-state index >= 15 is 0 Å². The minimum Gasteiger partial charge on any atom is -0.494 e. The van der Waals surface area contributed by atoms with Gasteiger partial charge in [-0.2, -0.15) is 0 Å². The summed E-state index contributed by atoms with van der Waals surface area (Å²) in [6.45, 7) is 10.8. The number of benzene rings is 3. The average molecular weight is 560 g/mol. The molecule has 0 unspecified atom stereocenters. The normalized spacial score (nSPS) is 13.4. The van der Waals surface area contributed by atoms with Gasteiger partial charge < -0.3 is 15.4 Å². The molecule has 4 rings (SSSR count). The van der Waals surface area contributed by atoms with Crippen LogP contribution in [0.1, 0.15) is 63.1 Å². The molecule has 1 aliphatic heterocycles. The van der Waals surface area contributed by atoms with Crippen molar-refractivity contribution in [3.05, 3.63) is 94.1 Å². The van der Waals surface area contributed by atoms with Gasteiger partial charge >= 0.3 is 0 Å². The highest BCUT2D eigenvalue weighted by molar-refractivity contribution is 6.53. The summed E-state index contributed by atoms with van der Waals surface area (Å²) in [6, 6.07) is 19.9. The Morgan fingerprint density at radius 1 is 0.875 bits per heavy atom. The summed E-state index contributed by atoms with van der Waals surface area (Å²) in [5.41, 5.74) is 4.88. The maximum Gasteiger partial charge on any atom is 0.283 e. The van der Waals surface area contributed by atoms with Crippen LogP contribution < -0.4 is 20.3 Å². The molecule has 2 N–H and O–H groups in total. The third kappa shape index (κ3) is 6.20. The second-order valence-electron chi connectivity index (χ2n) is 10.2. The van der Waals surface area contributed by atoms with Gasteiger partial charge in [-0.1, -0.05) is 69.6 Å². The van der Waals surface area contributed by atoms with Crippen LogP contribution in [0.3, 0.4) is 0 Å². The van der Waals surface area contributed by atoms with Crippen molar-refractivity contribution in [1.29, 1.82) is 0 Å². The van der Waals surface area contributed by atoms with Crippen molar-refractivity contribution in [2.75, 3.05) is 22.1 Å². The number of amides is 3. The highest BCUT2D eigenvalue weighted by atomic mass is 35.5. The predicted molar refractivity (Wildman–Crippen MR) is 160 cm³/mol. The topological polar surface area (TPSA) is 87.7 Å². The van der Waals surface area contributed by atoms with Crippen molar-refractivity contribution in [3.63, 3.8) is 0 Å². The summed E-state index contributed by atoms with van der Waals surface area (Å²) in [5, 5.41) is 5.92. The number of rotatable bonds is 10. The van der Waals surface area contributed by atoms with Crippen molar-refractivity contribution < 1.29 is 19.1 Å². The van der Waals surface area contributed by atoms with E-state index in [4.69, 9.17) is 16.3 Å². The first-order chi connectivity index (χ1) is 19.1. The van der Waals surface area contributed by atoms with E-state index in [0.717, 1.165) is 27.3 Å². The molecule has 3 amide bonds. The van der Waals surface area contributed by atoms with Crippen LogP contribution in [-0.4, -0.2) is 24.3 Å². The van der Waals surface area contributed by atoms with E-state index in [0.29, 0.717) is 23.7 Å². The van der Waals surface area contributed by atoms with Crippen molar-refractivity contribution in [2.24, 2.45) is 0 Å². The van der Waals surface area contributed by atoms with Crippen LogP contribution in [-0.2, 0) is 20.8 Å². The van der Waals surface area contributed by atoms with Gasteiger partial charge in [-0.3, -0.25) is 14.4 Å². The molecule has 8 heteroatoms. The van der Waals surface area contributed by atoms with Crippen LogP contribution in [0.25, 0.3) is 0 Å². The number of anilines is 3. The molecule has 0 aromatic heterocycles. The smallest absolute Gasteiger partial charge is 0.283 e.